The summed E-state index contributed by atoms with van der Waals surface area (Å²) in [6.45, 7) is 0.512. The molecule has 0 aliphatic heterocycles. The van der Waals surface area contributed by atoms with Gasteiger partial charge in [0.1, 0.15) is 11.6 Å². The van der Waals surface area contributed by atoms with Gasteiger partial charge in [0.15, 0.2) is 0 Å². The molecule has 0 radical (unpaired) electrons. The van der Waals surface area contributed by atoms with Gasteiger partial charge in [0.25, 0.3) is 0 Å². The second kappa shape index (κ2) is 4.75. The van der Waals surface area contributed by atoms with E-state index < -0.39 is 0 Å². The maximum absolute atomic E-state index is 13.5. The predicted octanol–water partition coefficient (Wildman–Crippen LogP) is 3.59. The molecule has 0 saturated carbocycles. The lowest BCUT2D eigenvalue weighted by Crippen LogP contribution is -1.95. The number of nitrogens with zero attached hydrogens (tertiary/aromatic N) is 1. The number of nitrogens with two attached hydrogens (primary N) is 1. The molecule has 3 rings (SSSR count). The van der Waals surface area contributed by atoms with Gasteiger partial charge < -0.3 is 10.7 Å². The monoisotopic (exact) mass is 319 g/mol. The number of benzene rings is 2. The zero-order valence-electron chi connectivity index (χ0n) is 9.95. The Morgan fingerprint density at radius 1 is 1.21 bits per heavy atom. The van der Waals surface area contributed by atoms with E-state index in [0.29, 0.717) is 16.5 Å². The summed E-state index contributed by atoms with van der Waals surface area (Å²) in [6.07, 6.45) is 0. The Bertz CT molecular complexity index is 695. The first-order valence-corrected chi connectivity index (χ1v) is 6.61. The molecule has 0 bridgehead atoms. The largest absolute Gasteiger partial charge is 0.338 e. The first kappa shape index (κ1) is 12.3. The van der Waals surface area contributed by atoms with Crippen LogP contribution in [0.15, 0.2) is 40.9 Å². The number of fused-ring (bicyclic) bond motifs is 1. The maximum atomic E-state index is 13.5. The van der Waals surface area contributed by atoms with Crippen LogP contribution in [0.2, 0.25) is 0 Å². The molecule has 3 nitrogen and oxygen atoms in total. The van der Waals surface area contributed by atoms with Crippen LogP contribution in [0.1, 0.15) is 5.56 Å². The highest BCUT2D eigenvalue weighted by molar-refractivity contribution is 9.10. The van der Waals surface area contributed by atoms with Gasteiger partial charge in [-0.3, -0.25) is 0 Å². The van der Waals surface area contributed by atoms with Crippen LogP contribution in [0.4, 0.5) is 4.39 Å². The van der Waals surface area contributed by atoms with Crippen molar-refractivity contribution >= 4 is 27.0 Å². The fraction of sp³-hybridized carbons (Fsp3) is 0.0714. The van der Waals surface area contributed by atoms with Gasteiger partial charge in [-0.2, -0.15) is 0 Å². The molecule has 0 spiro atoms. The quantitative estimate of drug-likeness (QED) is 0.758. The molecule has 0 aliphatic rings. The van der Waals surface area contributed by atoms with Crippen molar-refractivity contribution in [3.8, 4) is 11.4 Å². The van der Waals surface area contributed by atoms with Gasteiger partial charge in [-0.15, -0.1) is 0 Å². The third-order valence-corrected chi connectivity index (χ3v) is 3.59. The molecule has 2 aromatic carbocycles. The van der Waals surface area contributed by atoms with Crippen molar-refractivity contribution in [1.29, 1.82) is 0 Å². The summed E-state index contributed by atoms with van der Waals surface area (Å²) in [5.74, 6) is 0.414. The van der Waals surface area contributed by atoms with Gasteiger partial charge in [-0.05, 0) is 27.6 Å². The number of halogens is 2. The Morgan fingerprint density at radius 2 is 1.95 bits per heavy atom. The summed E-state index contributed by atoms with van der Waals surface area (Å²) in [7, 11) is 0. The Balaban J connectivity index is 2.09. The van der Waals surface area contributed by atoms with E-state index in [2.05, 4.69) is 25.9 Å². The first-order chi connectivity index (χ1) is 9.17. The van der Waals surface area contributed by atoms with Crippen molar-refractivity contribution < 1.29 is 4.39 Å². The molecular weight excluding hydrogens is 309 g/mol. The van der Waals surface area contributed by atoms with Crippen molar-refractivity contribution in [3.63, 3.8) is 0 Å². The first-order valence-electron chi connectivity index (χ1n) is 5.81. The van der Waals surface area contributed by atoms with Crippen molar-refractivity contribution in [2.75, 3.05) is 0 Å². The lowest BCUT2D eigenvalue weighted by Gasteiger charge is -1.98. The van der Waals surface area contributed by atoms with Crippen LogP contribution < -0.4 is 5.73 Å². The van der Waals surface area contributed by atoms with Crippen LogP contribution in [0, 0.1) is 5.82 Å². The van der Waals surface area contributed by atoms with Gasteiger partial charge >= 0.3 is 0 Å². The summed E-state index contributed by atoms with van der Waals surface area (Å²) < 4.78 is 13.9. The predicted molar refractivity (Wildman–Crippen MR) is 77.1 cm³/mol. The molecule has 0 amide bonds. The third kappa shape index (κ3) is 2.27. The minimum atomic E-state index is -0.304. The van der Waals surface area contributed by atoms with E-state index in [-0.39, 0.29) is 5.82 Å². The highest BCUT2D eigenvalue weighted by Gasteiger charge is 2.08. The molecule has 3 N–H and O–H groups in total. The Morgan fingerprint density at radius 3 is 2.63 bits per heavy atom. The van der Waals surface area contributed by atoms with Gasteiger partial charge in [-0.1, -0.05) is 24.3 Å². The van der Waals surface area contributed by atoms with Gasteiger partial charge in [-0.25, -0.2) is 9.37 Å². The van der Waals surface area contributed by atoms with E-state index in [9.17, 15) is 4.39 Å². The zero-order valence-corrected chi connectivity index (χ0v) is 11.5. The second-order valence-electron chi connectivity index (χ2n) is 4.27. The molecule has 3 aromatic rings. The maximum Gasteiger partial charge on any atom is 0.139 e. The van der Waals surface area contributed by atoms with Gasteiger partial charge in [0, 0.05) is 18.2 Å². The summed E-state index contributed by atoms with van der Waals surface area (Å²) in [5.41, 5.74) is 8.98. The number of hydrogen-bond donors (Lipinski definition) is 2. The van der Waals surface area contributed by atoms with Gasteiger partial charge in [0.05, 0.1) is 15.5 Å². The van der Waals surface area contributed by atoms with E-state index in [1.807, 2.05) is 24.3 Å². The second-order valence-corrected chi connectivity index (χ2v) is 5.12. The minimum Gasteiger partial charge on any atom is -0.338 e. The Hall–Kier alpha value is -1.72. The summed E-state index contributed by atoms with van der Waals surface area (Å²) >= 11 is 3.16. The van der Waals surface area contributed by atoms with E-state index >= 15 is 0 Å². The van der Waals surface area contributed by atoms with Crippen molar-refractivity contribution in [1.82, 2.24) is 9.97 Å². The van der Waals surface area contributed by atoms with Crippen molar-refractivity contribution in [3.05, 3.63) is 52.3 Å². The molecule has 0 aliphatic carbocycles. The SMILES string of the molecule is NCc1ccc(-c2nc3cc(Br)c(F)cc3[nH]2)cc1. The highest BCUT2D eigenvalue weighted by atomic mass is 79.9. The van der Waals surface area contributed by atoms with E-state index in [0.717, 1.165) is 22.5 Å². The average molecular weight is 320 g/mol. The minimum absolute atomic E-state index is 0.304. The average Bonchev–Trinajstić information content (AvgIpc) is 2.82. The fourth-order valence-corrected chi connectivity index (χ4v) is 2.27. The normalized spacial score (nSPS) is 11.1. The molecule has 1 heterocycles. The topological polar surface area (TPSA) is 54.7 Å². The summed E-state index contributed by atoms with van der Waals surface area (Å²) in [5, 5.41) is 0. The fourth-order valence-electron chi connectivity index (χ4n) is 1.94. The number of rotatable bonds is 2. The molecule has 0 unspecified atom stereocenters. The standard InChI is InChI=1S/C14H11BrFN3/c15-10-5-12-13(6-11(10)16)19-14(18-12)9-3-1-8(7-17)2-4-9/h1-6H,7,17H2,(H,18,19). The number of aromatic nitrogens is 2. The van der Waals surface area contributed by atoms with E-state index in [4.69, 9.17) is 5.73 Å². The number of hydrogen-bond acceptors (Lipinski definition) is 2. The van der Waals surface area contributed by atoms with Crippen molar-refractivity contribution in [2.45, 2.75) is 6.54 Å². The lowest BCUT2D eigenvalue weighted by molar-refractivity contribution is 0.623. The third-order valence-electron chi connectivity index (χ3n) is 2.99. The van der Waals surface area contributed by atoms with E-state index in [1.165, 1.54) is 6.07 Å². The van der Waals surface area contributed by atoms with Crippen LogP contribution in [0.3, 0.4) is 0 Å². The van der Waals surface area contributed by atoms with Gasteiger partial charge in [0.2, 0.25) is 0 Å². The molecule has 0 atom stereocenters. The number of H-pyrrole nitrogens is 1. The van der Waals surface area contributed by atoms with Crippen LogP contribution in [-0.4, -0.2) is 9.97 Å². The van der Waals surface area contributed by atoms with Crippen LogP contribution >= 0.6 is 15.9 Å². The lowest BCUT2D eigenvalue weighted by atomic mass is 10.1. The molecular formula is C14H11BrFN3. The smallest absolute Gasteiger partial charge is 0.139 e. The molecule has 0 saturated heterocycles. The number of nitrogens with one attached hydrogen (secondary N) is 1. The molecule has 0 fully saturated rings. The highest BCUT2D eigenvalue weighted by Crippen LogP contribution is 2.25. The number of aromatic amines is 1. The Labute approximate surface area is 117 Å². The summed E-state index contributed by atoms with van der Waals surface area (Å²) in [4.78, 5) is 7.57. The molecule has 5 heteroatoms. The van der Waals surface area contributed by atoms with Crippen LogP contribution in [0.5, 0.6) is 0 Å². The van der Waals surface area contributed by atoms with Crippen LogP contribution in [0.25, 0.3) is 22.4 Å². The van der Waals surface area contributed by atoms with E-state index in [1.54, 1.807) is 6.07 Å². The zero-order chi connectivity index (χ0) is 13.4. The molecule has 96 valence electrons. The summed E-state index contributed by atoms with van der Waals surface area (Å²) in [6, 6.07) is 10.9. The van der Waals surface area contributed by atoms with Crippen molar-refractivity contribution in [2.24, 2.45) is 5.73 Å². The Kier molecular flexibility index (Phi) is 3.08. The van der Waals surface area contributed by atoms with Crippen LogP contribution in [-0.2, 0) is 6.54 Å². The molecule has 1 aromatic heterocycles. The molecule has 19 heavy (non-hydrogen) atoms. The number of imidazole rings is 1.